The summed E-state index contributed by atoms with van der Waals surface area (Å²) < 4.78 is 1.87. The lowest BCUT2D eigenvalue weighted by Crippen LogP contribution is -2.20. The maximum Gasteiger partial charge on any atom is 0.217 e. The summed E-state index contributed by atoms with van der Waals surface area (Å²) in [5.74, 6) is 0.827. The molecule has 4 nitrogen and oxygen atoms in total. The fourth-order valence-corrected chi connectivity index (χ4v) is 0.770. The monoisotopic (exact) mass is 153 g/mol. The second kappa shape index (κ2) is 3.18. The number of nitrogens with one attached hydrogen (secondary N) is 1. The number of rotatable bonds is 2. The van der Waals surface area contributed by atoms with Gasteiger partial charge in [0.05, 0.1) is 6.54 Å². The van der Waals surface area contributed by atoms with Crippen LogP contribution in [0.2, 0.25) is 0 Å². The van der Waals surface area contributed by atoms with Crippen LogP contribution >= 0.6 is 0 Å². The van der Waals surface area contributed by atoms with Crippen LogP contribution in [-0.4, -0.2) is 15.5 Å². The van der Waals surface area contributed by atoms with Gasteiger partial charge in [-0.25, -0.2) is 4.98 Å². The molecular formula is C7H11N3O. The van der Waals surface area contributed by atoms with Crippen molar-refractivity contribution in [1.29, 1.82) is 0 Å². The standard InChI is InChI=1S/C7H11N3O/c1-6(11)9-5-7-8-3-4-10(7)2/h3-4H,5H2,1-2H3,(H,9,11). The number of nitrogens with zero attached hydrogens (tertiary/aromatic N) is 2. The largest absolute Gasteiger partial charge is 0.349 e. The van der Waals surface area contributed by atoms with Crippen LogP contribution in [0.4, 0.5) is 0 Å². The van der Waals surface area contributed by atoms with Crippen LogP contribution < -0.4 is 5.32 Å². The smallest absolute Gasteiger partial charge is 0.217 e. The molecule has 0 bridgehead atoms. The minimum atomic E-state index is -0.0343. The Morgan fingerprint density at radius 2 is 2.55 bits per heavy atom. The molecule has 0 atom stereocenters. The fourth-order valence-electron chi connectivity index (χ4n) is 0.770. The number of aromatic nitrogens is 2. The molecule has 1 amide bonds. The van der Waals surface area contributed by atoms with Gasteiger partial charge in [-0.2, -0.15) is 0 Å². The highest BCUT2D eigenvalue weighted by molar-refractivity contribution is 5.72. The molecular weight excluding hydrogens is 142 g/mol. The molecule has 4 heteroatoms. The molecule has 0 spiro atoms. The van der Waals surface area contributed by atoms with Gasteiger partial charge in [0.2, 0.25) is 5.91 Å². The molecule has 0 saturated carbocycles. The Balaban J connectivity index is 2.51. The molecule has 1 aromatic rings. The topological polar surface area (TPSA) is 46.9 Å². The zero-order valence-corrected chi connectivity index (χ0v) is 6.66. The van der Waals surface area contributed by atoms with Gasteiger partial charge in [0.15, 0.2) is 0 Å². The molecule has 0 aromatic carbocycles. The van der Waals surface area contributed by atoms with Crippen LogP contribution in [0.3, 0.4) is 0 Å². The first-order valence-electron chi connectivity index (χ1n) is 3.41. The van der Waals surface area contributed by atoms with Crippen molar-refractivity contribution in [3.8, 4) is 0 Å². The van der Waals surface area contributed by atoms with Gasteiger partial charge in [0.25, 0.3) is 0 Å². The van der Waals surface area contributed by atoms with Crippen molar-refractivity contribution >= 4 is 5.91 Å². The number of amides is 1. The van der Waals surface area contributed by atoms with E-state index in [-0.39, 0.29) is 5.91 Å². The van der Waals surface area contributed by atoms with Crippen LogP contribution in [0.25, 0.3) is 0 Å². The molecule has 0 aliphatic heterocycles. The quantitative estimate of drug-likeness (QED) is 0.653. The van der Waals surface area contributed by atoms with E-state index in [9.17, 15) is 4.79 Å². The van der Waals surface area contributed by atoms with Crippen LogP contribution in [0.5, 0.6) is 0 Å². The highest BCUT2D eigenvalue weighted by Crippen LogP contribution is 1.91. The van der Waals surface area contributed by atoms with E-state index in [1.807, 2.05) is 17.8 Å². The molecule has 60 valence electrons. The SMILES string of the molecule is CC(=O)NCc1nccn1C. The van der Waals surface area contributed by atoms with Gasteiger partial charge in [0, 0.05) is 26.4 Å². The Morgan fingerprint density at radius 3 is 3.00 bits per heavy atom. The minimum Gasteiger partial charge on any atom is -0.349 e. The first-order chi connectivity index (χ1) is 5.20. The number of carbonyl (C=O) groups excluding carboxylic acids is 1. The van der Waals surface area contributed by atoms with E-state index in [2.05, 4.69) is 10.3 Å². The van der Waals surface area contributed by atoms with Gasteiger partial charge >= 0.3 is 0 Å². The maximum atomic E-state index is 10.5. The van der Waals surface area contributed by atoms with Crippen molar-refractivity contribution in [2.75, 3.05) is 0 Å². The van der Waals surface area contributed by atoms with Crippen LogP contribution in [0.1, 0.15) is 12.7 Å². The van der Waals surface area contributed by atoms with Gasteiger partial charge in [-0.3, -0.25) is 4.79 Å². The summed E-state index contributed by atoms with van der Waals surface area (Å²) in [6.45, 7) is 1.99. The van der Waals surface area contributed by atoms with Gasteiger partial charge in [0.1, 0.15) is 5.82 Å². The summed E-state index contributed by atoms with van der Waals surface area (Å²) in [7, 11) is 1.89. The Bertz CT molecular complexity index is 254. The third-order valence-corrected chi connectivity index (χ3v) is 1.42. The molecule has 1 aromatic heterocycles. The zero-order valence-electron chi connectivity index (χ0n) is 6.66. The van der Waals surface area contributed by atoms with E-state index >= 15 is 0 Å². The summed E-state index contributed by atoms with van der Waals surface area (Å²) in [6.07, 6.45) is 3.55. The predicted molar refractivity (Wildman–Crippen MR) is 40.7 cm³/mol. The number of imidazole rings is 1. The lowest BCUT2D eigenvalue weighted by atomic mass is 10.5. The van der Waals surface area contributed by atoms with Crippen LogP contribution in [0.15, 0.2) is 12.4 Å². The molecule has 0 radical (unpaired) electrons. The van der Waals surface area contributed by atoms with Gasteiger partial charge in [-0.1, -0.05) is 0 Å². The molecule has 1 heterocycles. The summed E-state index contributed by atoms with van der Waals surface area (Å²) in [4.78, 5) is 14.5. The van der Waals surface area contributed by atoms with Crippen molar-refractivity contribution in [2.24, 2.45) is 7.05 Å². The molecule has 1 N–H and O–H groups in total. The Hall–Kier alpha value is -1.32. The lowest BCUT2D eigenvalue weighted by Gasteiger charge is -2.00. The van der Waals surface area contributed by atoms with E-state index in [1.54, 1.807) is 6.20 Å². The fraction of sp³-hybridized carbons (Fsp3) is 0.429. The number of hydrogen-bond acceptors (Lipinski definition) is 2. The average molecular weight is 153 g/mol. The summed E-state index contributed by atoms with van der Waals surface area (Å²) >= 11 is 0. The van der Waals surface area contributed by atoms with Crippen LogP contribution in [-0.2, 0) is 18.4 Å². The molecule has 0 unspecified atom stereocenters. The normalized spacial score (nSPS) is 9.64. The summed E-state index contributed by atoms with van der Waals surface area (Å²) in [5, 5.41) is 2.67. The maximum absolute atomic E-state index is 10.5. The number of aryl methyl sites for hydroxylation is 1. The van der Waals surface area contributed by atoms with Crippen molar-refractivity contribution < 1.29 is 4.79 Å². The number of carbonyl (C=O) groups is 1. The zero-order chi connectivity index (χ0) is 8.27. The van der Waals surface area contributed by atoms with E-state index in [0.717, 1.165) is 5.82 Å². The van der Waals surface area contributed by atoms with Crippen LogP contribution in [0, 0.1) is 0 Å². The third-order valence-electron chi connectivity index (χ3n) is 1.42. The molecule has 0 aliphatic rings. The predicted octanol–water partition coefficient (Wildman–Crippen LogP) is 0.0562. The lowest BCUT2D eigenvalue weighted by molar-refractivity contribution is -0.119. The minimum absolute atomic E-state index is 0.0343. The van der Waals surface area contributed by atoms with Gasteiger partial charge in [-0.15, -0.1) is 0 Å². The van der Waals surface area contributed by atoms with Gasteiger partial charge in [-0.05, 0) is 0 Å². The van der Waals surface area contributed by atoms with Crippen molar-refractivity contribution in [3.05, 3.63) is 18.2 Å². The Labute approximate surface area is 65.2 Å². The second-order valence-corrected chi connectivity index (χ2v) is 2.36. The van der Waals surface area contributed by atoms with Crippen molar-refractivity contribution in [2.45, 2.75) is 13.5 Å². The van der Waals surface area contributed by atoms with E-state index < -0.39 is 0 Å². The third kappa shape index (κ3) is 2.07. The molecule has 1 rings (SSSR count). The van der Waals surface area contributed by atoms with Gasteiger partial charge < -0.3 is 9.88 Å². The highest BCUT2D eigenvalue weighted by atomic mass is 16.1. The Kier molecular flexibility index (Phi) is 2.25. The summed E-state index contributed by atoms with van der Waals surface area (Å²) in [6, 6.07) is 0. The first-order valence-corrected chi connectivity index (χ1v) is 3.41. The Morgan fingerprint density at radius 1 is 1.82 bits per heavy atom. The summed E-state index contributed by atoms with van der Waals surface area (Å²) in [5.41, 5.74) is 0. The average Bonchev–Trinajstić information content (AvgIpc) is 2.31. The number of hydrogen-bond donors (Lipinski definition) is 1. The molecule has 0 fully saturated rings. The van der Waals surface area contributed by atoms with Crippen molar-refractivity contribution in [1.82, 2.24) is 14.9 Å². The van der Waals surface area contributed by atoms with E-state index in [4.69, 9.17) is 0 Å². The highest BCUT2D eigenvalue weighted by Gasteiger charge is 1.97. The molecule has 11 heavy (non-hydrogen) atoms. The molecule has 0 aliphatic carbocycles. The van der Waals surface area contributed by atoms with E-state index in [0.29, 0.717) is 6.54 Å². The van der Waals surface area contributed by atoms with E-state index in [1.165, 1.54) is 6.92 Å². The first kappa shape index (κ1) is 7.78. The van der Waals surface area contributed by atoms with Crippen molar-refractivity contribution in [3.63, 3.8) is 0 Å². The second-order valence-electron chi connectivity index (χ2n) is 2.36. The molecule has 0 saturated heterocycles.